The van der Waals surface area contributed by atoms with Gasteiger partial charge in [-0.25, -0.2) is 4.39 Å². The van der Waals surface area contributed by atoms with Crippen molar-refractivity contribution in [1.29, 1.82) is 0 Å². The molecule has 0 aliphatic carbocycles. The van der Waals surface area contributed by atoms with Crippen molar-refractivity contribution in [2.75, 3.05) is 6.54 Å². The molecule has 6 nitrogen and oxygen atoms in total. The minimum Gasteiger partial charge on any atom is -0.360 e. The van der Waals surface area contributed by atoms with Gasteiger partial charge in [0.2, 0.25) is 0 Å². The Morgan fingerprint density at radius 2 is 2.11 bits per heavy atom. The first kappa shape index (κ1) is 17.7. The monoisotopic (exact) mass is 389 g/mol. The lowest BCUT2D eigenvalue weighted by molar-refractivity contribution is 0.0713. The van der Waals surface area contributed by atoms with E-state index >= 15 is 0 Å². The Hall–Kier alpha value is -2.67. The standard InChI is InChI=1S/C19H17ClFN3O3/c1-10-9-15(27-22-10)14-7-4-8-24(14)19(25)16-11(2)26-23-18(16)17-12(20)5-3-6-13(17)21/h3,5-6,9,14H,4,7-8H2,1-2H3/t14-/m1/s1. The average molecular weight is 390 g/mol. The highest BCUT2D eigenvalue weighted by Crippen LogP contribution is 2.38. The number of halogens is 2. The molecule has 8 heteroatoms. The van der Waals surface area contributed by atoms with Crippen molar-refractivity contribution in [3.63, 3.8) is 0 Å². The van der Waals surface area contributed by atoms with Crippen LogP contribution in [0.2, 0.25) is 5.02 Å². The van der Waals surface area contributed by atoms with Crippen LogP contribution < -0.4 is 0 Å². The summed E-state index contributed by atoms with van der Waals surface area (Å²) in [6, 6.07) is 5.92. The van der Waals surface area contributed by atoms with E-state index in [2.05, 4.69) is 10.3 Å². The Bertz CT molecular complexity index is 993. The normalized spacial score (nSPS) is 16.9. The minimum atomic E-state index is -0.561. The average Bonchev–Trinajstić information content (AvgIpc) is 3.34. The number of hydrogen-bond donors (Lipinski definition) is 0. The molecule has 1 aromatic carbocycles. The number of aryl methyl sites for hydroxylation is 2. The fraction of sp³-hybridized carbons (Fsp3) is 0.316. The van der Waals surface area contributed by atoms with E-state index in [4.69, 9.17) is 20.6 Å². The number of hydrogen-bond acceptors (Lipinski definition) is 5. The van der Waals surface area contributed by atoms with Crippen LogP contribution >= 0.6 is 11.6 Å². The molecule has 2 aromatic heterocycles. The quantitative estimate of drug-likeness (QED) is 0.648. The van der Waals surface area contributed by atoms with Crippen LogP contribution in [0.5, 0.6) is 0 Å². The Labute approximate surface area is 159 Å². The Balaban J connectivity index is 1.76. The number of benzene rings is 1. The van der Waals surface area contributed by atoms with Crippen molar-refractivity contribution in [1.82, 2.24) is 15.2 Å². The Kier molecular flexibility index (Phi) is 4.47. The van der Waals surface area contributed by atoms with Gasteiger partial charge >= 0.3 is 0 Å². The van der Waals surface area contributed by atoms with Crippen LogP contribution in [0.1, 0.15) is 46.5 Å². The first-order chi connectivity index (χ1) is 13.0. The number of carbonyl (C=O) groups is 1. The van der Waals surface area contributed by atoms with E-state index in [0.29, 0.717) is 18.1 Å². The summed E-state index contributed by atoms with van der Waals surface area (Å²) in [5.41, 5.74) is 1.14. The molecule has 27 heavy (non-hydrogen) atoms. The molecule has 1 amide bonds. The number of aromatic nitrogens is 2. The number of carbonyl (C=O) groups excluding carboxylic acids is 1. The summed E-state index contributed by atoms with van der Waals surface area (Å²) in [5, 5.41) is 8.00. The number of amides is 1. The molecule has 3 aromatic rings. The molecule has 140 valence electrons. The van der Waals surface area contributed by atoms with Crippen molar-refractivity contribution in [2.24, 2.45) is 0 Å². The van der Waals surface area contributed by atoms with Crippen molar-refractivity contribution >= 4 is 17.5 Å². The third-order valence-corrected chi connectivity index (χ3v) is 5.08. The largest absolute Gasteiger partial charge is 0.360 e. The van der Waals surface area contributed by atoms with Gasteiger partial charge in [0.25, 0.3) is 5.91 Å². The van der Waals surface area contributed by atoms with E-state index in [9.17, 15) is 9.18 Å². The topological polar surface area (TPSA) is 72.4 Å². The van der Waals surface area contributed by atoms with E-state index in [-0.39, 0.29) is 33.8 Å². The lowest BCUT2D eigenvalue weighted by atomic mass is 10.0. The number of nitrogens with zero attached hydrogens (tertiary/aromatic N) is 3. The maximum absolute atomic E-state index is 14.4. The predicted molar refractivity (Wildman–Crippen MR) is 95.9 cm³/mol. The highest BCUT2D eigenvalue weighted by Gasteiger charge is 2.37. The molecule has 1 fully saturated rings. The fourth-order valence-electron chi connectivity index (χ4n) is 3.51. The first-order valence-corrected chi connectivity index (χ1v) is 9.00. The van der Waals surface area contributed by atoms with Crippen LogP contribution in [0.25, 0.3) is 11.3 Å². The highest BCUT2D eigenvalue weighted by molar-refractivity contribution is 6.33. The van der Waals surface area contributed by atoms with Crippen LogP contribution in [-0.2, 0) is 0 Å². The van der Waals surface area contributed by atoms with Crippen LogP contribution in [0, 0.1) is 19.7 Å². The summed E-state index contributed by atoms with van der Waals surface area (Å²) in [7, 11) is 0. The first-order valence-electron chi connectivity index (χ1n) is 8.62. The lowest BCUT2D eigenvalue weighted by Gasteiger charge is -2.22. The van der Waals surface area contributed by atoms with Crippen molar-refractivity contribution < 1.29 is 18.2 Å². The summed E-state index contributed by atoms with van der Waals surface area (Å²) in [4.78, 5) is 15.0. The molecule has 0 saturated carbocycles. The lowest BCUT2D eigenvalue weighted by Crippen LogP contribution is -2.31. The molecule has 3 heterocycles. The van der Waals surface area contributed by atoms with Gasteiger partial charge in [0, 0.05) is 12.6 Å². The molecule has 0 spiro atoms. The molecule has 4 rings (SSSR count). The van der Waals surface area contributed by atoms with E-state index in [1.807, 2.05) is 13.0 Å². The summed E-state index contributed by atoms with van der Waals surface area (Å²) in [5.74, 6) is 0.0972. The second kappa shape index (κ2) is 6.81. The Morgan fingerprint density at radius 3 is 2.81 bits per heavy atom. The summed E-state index contributed by atoms with van der Waals surface area (Å²) in [6.45, 7) is 4.01. The predicted octanol–water partition coefficient (Wildman–Crippen LogP) is 4.72. The molecule has 0 N–H and O–H groups in total. The van der Waals surface area contributed by atoms with Crippen molar-refractivity contribution in [2.45, 2.75) is 32.7 Å². The second-order valence-corrected chi connectivity index (χ2v) is 6.99. The van der Waals surface area contributed by atoms with E-state index in [1.165, 1.54) is 12.1 Å². The van der Waals surface area contributed by atoms with Gasteiger partial charge in [0.05, 0.1) is 22.3 Å². The van der Waals surface area contributed by atoms with E-state index in [0.717, 1.165) is 18.5 Å². The second-order valence-electron chi connectivity index (χ2n) is 6.59. The zero-order chi connectivity index (χ0) is 19.1. The van der Waals surface area contributed by atoms with Gasteiger partial charge in [-0.2, -0.15) is 0 Å². The number of likely N-dealkylation sites (tertiary alicyclic amines) is 1. The smallest absolute Gasteiger partial charge is 0.260 e. The Morgan fingerprint density at radius 1 is 1.30 bits per heavy atom. The minimum absolute atomic E-state index is 0.0608. The van der Waals surface area contributed by atoms with Gasteiger partial charge in [0.15, 0.2) is 5.76 Å². The summed E-state index contributed by atoms with van der Waals surface area (Å²) < 4.78 is 25.0. The molecular formula is C19H17ClFN3O3. The van der Waals surface area contributed by atoms with Gasteiger partial charge in [-0.15, -0.1) is 0 Å². The molecule has 0 radical (unpaired) electrons. The van der Waals surface area contributed by atoms with Gasteiger partial charge in [-0.3, -0.25) is 4.79 Å². The van der Waals surface area contributed by atoms with Gasteiger partial charge < -0.3 is 13.9 Å². The third kappa shape index (κ3) is 3.02. The maximum Gasteiger partial charge on any atom is 0.260 e. The maximum atomic E-state index is 14.4. The van der Waals surface area contributed by atoms with Crippen molar-refractivity contribution in [3.8, 4) is 11.3 Å². The third-order valence-electron chi connectivity index (χ3n) is 4.76. The molecule has 1 saturated heterocycles. The van der Waals surface area contributed by atoms with Crippen LogP contribution in [0.15, 0.2) is 33.3 Å². The zero-order valence-corrected chi connectivity index (χ0v) is 15.6. The van der Waals surface area contributed by atoms with E-state index < -0.39 is 5.82 Å². The van der Waals surface area contributed by atoms with Crippen molar-refractivity contribution in [3.05, 3.63) is 57.9 Å². The summed E-state index contributed by atoms with van der Waals surface area (Å²) >= 11 is 6.17. The molecule has 1 atom stereocenters. The van der Waals surface area contributed by atoms with Gasteiger partial charge in [-0.05, 0) is 38.8 Å². The van der Waals surface area contributed by atoms with Crippen LogP contribution in [0.3, 0.4) is 0 Å². The zero-order valence-electron chi connectivity index (χ0n) is 14.8. The molecule has 1 aliphatic rings. The molecule has 0 bridgehead atoms. The molecular weight excluding hydrogens is 373 g/mol. The van der Waals surface area contributed by atoms with Gasteiger partial charge in [0.1, 0.15) is 22.8 Å². The molecule has 1 aliphatic heterocycles. The molecule has 0 unspecified atom stereocenters. The van der Waals surface area contributed by atoms with E-state index in [1.54, 1.807) is 17.9 Å². The van der Waals surface area contributed by atoms with Gasteiger partial charge in [-0.1, -0.05) is 28.0 Å². The van der Waals surface area contributed by atoms with Crippen LogP contribution in [0.4, 0.5) is 4.39 Å². The van der Waals surface area contributed by atoms with Crippen LogP contribution in [-0.4, -0.2) is 27.7 Å². The summed E-state index contributed by atoms with van der Waals surface area (Å²) in [6.07, 6.45) is 1.59. The fourth-order valence-corrected chi connectivity index (χ4v) is 3.76. The highest BCUT2D eigenvalue weighted by atomic mass is 35.5. The number of rotatable bonds is 3. The SMILES string of the molecule is Cc1cc([C@H]2CCCN2C(=O)c2c(-c3c(F)cccc3Cl)noc2C)on1.